The number of carbonyl (C=O) groups is 1. The summed E-state index contributed by atoms with van der Waals surface area (Å²) < 4.78 is 0. The number of carboxylic acid groups (broad SMARTS) is 1. The molecule has 0 aliphatic heterocycles. The summed E-state index contributed by atoms with van der Waals surface area (Å²) in [7, 11) is 0. The highest BCUT2D eigenvalue weighted by Gasteiger charge is 2.50. The highest BCUT2D eigenvalue weighted by molar-refractivity contribution is 6.31. The van der Waals surface area contributed by atoms with Crippen LogP contribution in [0.15, 0.2) is 30.5 Å². The van der Waals surface area contributed by atoms with Gasteiger partial charge in [0.05, 0.1) is 10.9 Å². The van der Waals surface area contributed by atoms with Crippen molar-refractivity contribution >= 4 is 34.2 Å². The van der Waals surface area contributed by atoms with Crippen LogP contribution in [0, 0.1) is 5.41 Å². The minimum Gasteiger partial charge on any atom is -0.481 e. The van der Waals surface area contributed by atoms with Gasteiger partial charge in [-0.15, -0.1) is 0 Å². The second kappa shape index (κ2) is 4.38. The topological polar surface area (TPSA) is 62.2 Å². The zero-order valence-electron chi connectivity index (χ0n) is 10.2. The molecule has 1 aliphatic carbocycles. The van der Waals surface area contributed by atoms with Gasteiger partial charge in [-0.3, -0.25) is 9.78 Å². The Morgan fingerprint density at radius 3 is 2.89 bits per heavy atom. The summed E-state index contributed by atoms with van der Waals surface area (Å²) in [6, 6.07) is 7.36. The fraction of sp³-hybridized carbons (Fsp3) is 0.286. The van der Waals surface area contributed by atoms with Crippen LogP contribution < -0.4 is 5.32 Å². The zero-order valence-corrected chi connectivity index (χ0v) is 10.9. The Morgan fingerprint density at radius 2 is 2.21 bits per heavy atom. The number of benzene rings is 1. The number of hydrogen-bond acceptors (Lipinski definition) is 3. The van der Waals surface area contributed by atoms with E-state index < -0.39 is 11.4 Å². The van der Waals surface area contributed by atoms with E-state index >= 15 is 0 Å². The number of pyridine rings is 1. The van der Waals surface area contributed by atoms with Crippen LogP contribution in [0.3, 0.4) is 0 Å². The first-order valence-electron chi connectivity index (χ1n) is 6.12. The maximum absolute atomic E-state index is 11.1. The summed E-state index contributed by atoms with van der Waals surface area (Å²) in [5, 5.41) is 14.0. The third kappa shape index (κ3) is 2.24. The zero-order chi connectivity index (χ0) is 13.5. The van der Waals surface area contributed by atoms with Crippen molar-refractivity contribution in [2.45, 2.75) is 12.8 Å². The molecule has 5 heteroatoms. The van der Waals surface area contributed by atoms with Gasteiger partial charge >= 0.3 is 5.97 Å². The lowest BCUT2D eigenvalue weighted by molar-refractivity contribution is -0.142. The predicted octanol–water partition coefficient (Wildman–Crippen LogP) is 3.16. The molecule has 0 bridgehead atoms. The number of halogens is 1. The molecule has 98 valence electrons. The normalized spacial score (nSPS) is 16.3. The molecular weight excluding hydrogens is 264 g/mol. The van der Waals surface area contributed by atoms with Crippen LogP contribution in [-0.4, -0.2) is 22.6 Å². The maximum Gasteiger partial charge on any atom is 0.311 e. The van der Waals surface area contributed by atoms with Crippen molar-refractivity contribution in [2.24, 2.45) is 5.41 Å². The lowest BCUT2D eigenvalue weighted by atomic mass is 10.1. The van der Waals surface area contributed by atoms with E-state index in [1.54, 1.807) is 18.3 Å². The number of nitrogens with zero attached hydrogens (tertiary/aromatic N) is 1. The van der Waals surface area contributed by atoms with Gasteiger partial charge in [0.1, 0.15) is 0 Å². The number of anilines is 1. The fourth-order valence-corrected chi connectivity index (χ4v) is 2.32. The largest absolute Gasteiger partial charge is 0.481 e. The molecule has 2 N–H and O–H groups in total. The molecule has 1 fully saturated rings. The van der Waals surface area contributed by atoms with Gasteiger partial charge in [0.2, 0.25) is 0 Å². The van der Waals surface area contributed by atoms with Gasteiger partial charge in [-0.1, -0.05) is 11.6 Å². The Hall–Kier alpha value is -1.81. The van der Waals surface area contributed by atoms with E-state index in [1.165, 1.54) is 0 Å². The molecule has 3 rings (SSSR count). The average Bonchev–Trinajstić information content (AvgIpc) is 3.17. The third-order valence-corrected chi connectivity index (χ3v) is 3.86. The van der Waals surface area contributed by atoms with Crippen molar-refractivity contribution in [3.8, 4) is 0 Å². The Kier molecular flexibility index (Phi) is 2.82. The van der Waals surface area contributed by atoms with Crippen molar-refractivity contribution in [3.63, 3.8) is 0 Å². The standard InChI is InChI=1S/C14H13ClN2O2/c15-9-1-2-10-11(3-6-16-12(10)7-9)17-8-14(4-5-14)13(18)19/h1-3,6-7H,4-5,8H2,(H,16,17)(H,18,19). The predicted molar refractivity (Wildman–Crippen MR) is 74.5 cm³/mol. The Labute approximate surface area is 115 Å². The van der Waals surface area contributed by atoms with Crippen LogP contribution in [0.25, 0.3) is 10.9 Å². The molecule has 2 aromatic rings. The molecule has 0 radical (unpaired) electrons. The molecule has 19 heavy (non-hydrogen) atoms. The highest BCUT2D eigenvalue weighted by atomic mass is 35.5. The van der Waals surface area contributed by atoms with Crippen LogP contribution in [0.1, 0.15) is 12.8 Å². The first-order chi connectivity index (χ1) is 9.11. The van der Waals surface area contributed by atoms with E-state index in [0.29, 0.717) is 11.6 Å². The second-order valence-corrected chi connectivity index (χ2v) is 5.40. The van der Waals surface area contributed by atoms with Gasteiger partial charge < -0.3 is 10.4 Å². The number of hydrogen-bond donors (Lipinski definition) is 2. The summed E-state index contributed by atoms with van der Waals surface area (Å²) in [4.78, 5) is 15.4. The Bertz CT molecular complexity index is 653. The van der Waals surface area contributed by atoms with E-state index in [9.17, 15) is 4.79 Å². The lowest BCUT2D eigenvalue weighted by Crippen LogP contribution is -2.24. The van der Waals surface area contributed by atoms with E-state index in [2.05, 4.69) is 10.3 Å². The van der Waals surface area contributed by atoms with Crippen molar-refractivity contribution < 1.29 is 9.90 Å². The summed E-state index contributed by atoms with van der Waals surface area (Å²) in [6.45, 7) is 0.448. The molecule has 1 aliphatic rings. The van der Waals surface area contributed by atoms with Crippen molar-refractivity contribution in [3.05, 3.63) is 35.5 Å². The van der Waals surface area contributed by atoms with Crippen LogP contribution >= 0.6 is 11.6 Å². The number of fused-ring (bicyclic) bond motifs is 1. The minimum atomic E-state index is -0.721. The van der Waals surface area contributed by atoms with Gasteiger partial charge in [-0.2, -0.15) is 0 Å². The van der Waals surface area contributed by atoms with Gasteiger partial charge in [0, 0.05) is 28.8 Å². The second-order valence-electron chi connectivity index (χ2n) is 4.96. The van der Waals surface area contributed by atoms with Gasteiger partial charge in [0.25, 0.3) is 0 Å². The summed E-state index contributed by atoms with van der Waals surface area (Å²) in [5.74, 6) is -0.721. The third-order valence-electron chi connectivity index (χ3n) is 3.63. The number of nitrogens with one attached hydrogen (secondary N) is 1. The SMILES string of the molecule is O=C(O)C1(CNc2ccnc3cc(Cl)ccc23)CC1. The molecule has 0 unspecified atom stereocenters. The van der Waals surface area contributed by atoms with E-state index in [1.807, 2.05) is 12.1 Å². The van der Waals surface area contributed by atoms with Crippen LogP contribution in [-0.2, 0) is 4.79 Å². The van der Waals surface area contributed by atoms with Crippen molar-refractivity contribution in [2.75, 3.05) is 11.9 Å². The quantitative estimate of drug-likeness (QED) is 0.900. The number of rotatable bonds is 4. The molecular formula is C14H13ClN2O2. The van der Waals surface area contributed by atoms with E-state index in [-0.39, 0.29) is 0 Å². The van der Waals surface area contributed by atoms with Crippen LogP contribution in [0.4, 0.5) is 5.69 Å². The molecule has 0 spiro atoms. The molecule has 1 saturated carbocycles. The molecule has 0 amide bonds. The number of carboxylic acids is 1. The minimum absolute atomic E-state index is 0.448. The van der Waals surface area contributed by atoms with Crippen molar-refractivity contribution in [1.29, 1.82) is 0 Å². The molecule has 0 saturated heterocycles. The van der Waals surface area contributed by atoms with E-state index in [4.69, 9.17) is 16.7 Å². The Morgan fingerprint density at radius 1 is 1.42 bits per heavy atom. The van der Waals surface area contributed by atoms with Crippen molar-refractivity contribution in [1.82, 2.24) is 4.98 Å². The van der Waals surface area contributed by atoms with Gasteiger partial charge in [0.15, 0.2) is 0 Å². The van der Waals surface area contributed by atoms with Gasteiger partial charge in [-0.05, 0) is 37.1 Å². The van der Waals surface area contributed by atoms with Crippen LogP contribution in [0.5, 0.6) is 0 Å². The Balaban J connectivity index is 1.87. The van der Waals surface area contributed by atoms with Crippen LogP contribution in [0.2, 0.25) is 5.02 Å². The number of aromatic nitrogens is 1. The first kappa shape index (κ1) is 12.2. The molecule has 1 heterocycles. The molecule has 0 atom stereocenters. The van der Waals surface area contributed by atoms with Gasteiger partial charge in [-0.25, -0.2) is 0 Å². The summed E-state index contributed by atoms with van der Waals surface area (Å²) in [6.07, 6.45) is 3.18. The summed E-state index contributed by atoms with van der Waals surface area (Å²) >= 11 is 5.93. The lowest BCUT2D eigenvalue weighted by Gasteiger charge is -2.13. The van der Waals surface area contributed by atoms with E-state index in [0.717, 1.165) is 29.4 Å². The molecule has 1 aromatic heterocycles. The maximum atomic E-state index is 11.1. The number of aliphatic carboxylic acids is 1. The highest BCUT2D eigenvalue weighted by Crippen LogP contribution is 2.46. The fourth-order valence-electron chi connectivity index (χ4n) is 2.16. The smallest absolute Gasteiger partial charge is 0.311 e. The summed E-state index contributed by atoms with van der Waals surface area (Å²) in [5.41, 5.74) is 1.12. The first-order valence-corrected chi connectivity index (χ1v) is 6.50. The molecule has 4 nitrogen and oxygen atoms in total. The molecule has 1 aromatic carbocycles. The average molecular weight is 277 g/mol. The monoisotopic (exact) mass is 276 g/mol.